The van der Waals surface area contributed by atoms with Gasteiger partial charge in [0.2, 0.25) is 5.91 Å². The average molecular weight is 355 g/mol. The molecular formula is C19H25N5O2. The Morgan fingerprint density at radius 2 is 1.96 bits per heavy atom. The highest BCUT2D eigenvalue weighted by Crippen LogP contribution is 2.28. The molecule has 0 atom stereocenters. The third-order valence-corrected chi connectivity index (χ3v) is 5.55. The highest BCUT2D eigenvalue weighted by molar-refractivity contribution is 5.77. The van der Waals surface area contributed by atoms with Crippen molar-refractivity contribution in [1.29, 1.82) is 0 Å². The lowest BCUT2D eigenvalue weighted by molar-refractivity contribution is -0.131. The van der Waals surface area contributed by atoms with E-state index >= 15 is 0 Å². The van der Waals surface area contributed by atoms with Crippen LogP contribution in [0, 0.1) is 13.8 Å². The highest BCUT2D eigenvalue weighted by atomic mass is 16.5. The van der Waals surface area contributed by atoms with Crippen LogP contribution in [0.5, 0.6) is 0 Å². The molecule has 26 heavy (non-hydrogen) atoms. The fraction of sp³-hybridized carbons (Fsp3) is 0.579. The van der Waals surface area contributed by atoms with Crippen molar-refractivity contribution in [3.05, 3.63) is 34.6 Å². The van der Waals surface area contributed by atoms with Gasteiger partial charge in [0.15, 0.2) is 0 Å². The second-order valence-corrected chi connectivity index (χ2v) is 7.15. The smallest absolute Gasteiger partial charge is 0.223 e. The first kappa shape index (κ1) is 17.0. The van der Waals surface area contributed by atoms with Crippen molar-refractivity contribution in [3.63, 3.8) is 0 Å². The van der Waals surface area contributed by atoms with Gasteiger partial charge in [-0.3, -0.25) is 4.79 Å². The number of anilines is 1. The molecule has 1 saturated heterocycles. The van der Waals surface area contributed by atoms with Gasteiger partial charge in [-0.25, -0.2) is 9.97 Å². The second kappa shape index (κ2) is 7.05. The van der Waals surface area contributed by atoms with Gasteiger partial charge in [0.25, 0.3) is 0 Å². The Bertz CT molecular complexity index is 789. The molecule has 2 aromatic heterocycles. The van der Waals surface area contributed by atoms with E-state index in [1.54, 1.807) is 6.33 Å². The van der Waals surface area contributed by atoms with Gasteiger partial charge in [0.1, 0.15) is 17.9 Å². The van der Waals surface area contributed by atoms with Crippen LogP contribution in [0.4, 0.5) is 5.82 Å². The summed E-state index contributed by atoms with van der Waals surface area (Å²) in [6, 6.07) is 0. The lowest BCUT2D eigenvalue weighted by Gasteiger charge is -2.36. The number of carbonyl (C=O) groups is 1. The quantitative estimate of drug-likeness (QED) is 0.833. The SMILES string of the molecule is Cc1noc(C)c1CCC(=O)N1CCN(c2ncnc3c2CCC3)CC1. The Kier molecular flexibility index (Phi) is 4.61. The Morgan fingerprint density at radius 3 is 2.69 bits per heavy atom. The van der Waals surface area contributed by atoms with Gasteiger partial charge in [-0.1, -0.05) is 5.16 Å². The third-order valence-electron chi connectivity index (χ3n) is 5.55. The molecule has 7 heteroatoms. The molecule has 4 rings (SSSR count). The number of nitrogens with zero attached hydrogens (tertiary/aromatic N) is 5. The van der Waals surface area contributed by atoms with Crippen LogP contribution in [0.3, 0.4) is 0 Å². The van der Waals surface area contributed by atoms with E-state index in [4.69, 9.17) is 4.52 Å². The predicted molar refractivity (Wildman–Crippen MR) is 97.1 cm³/mol. The van der Waals surface area contributed by atoms with Crippen LogP contribution in [0.2, 0.25) is 0 Å². The Labute approximate surface area is 153 Å². The number of rotatable bonds is 4. The number of fused-ring (bicyclic) bond motifs is 1. The van der Waals surface area contributed by atoms with Crippen LogP contribution in [0.1, 0.15) is 41.1 Å². The maximum atomic E-state index is 12.6. The fourth-order valence-electron chi connectivity index (χ4n) is 4.03. The van der Waals surface area contributed by atoms with Crippen molar-refractivity contribution in [1.82, 2.24) is 20.0 Å². The second-order valence-electron chi connectivity index (χ2n) is 7.15. The Balaban J connectivity index is 1.34. The van der Waals surface area contributed by atoms with Gasteiger partial charge in [-0.15, -0.1) is 0 Å². The van der Waals surface area contributed by atoms with Crippen LogP contribution in [-0.2, 0) is 24.1 Å². The summed E-state index contributed by atoms with van der Waals surface area (Å²) in [6.07, 6.45) is 6.18. The molecule has 0 spiro atoms. The summed E-state index contributed by atoms with van der Waals surface area (Å²) in [7, 11) is 0. The zero-order valence-corrected chi connectivity index (χ0v) is 15.5. The van der Waals surface area contributed by atoms with Crippen LogP contribution in [0.15, 0.2) is 10.9 Å². The van der Waals surface area contributed by atoms with E-state index in [2.05, 4.69) is 20.0 Å². The normalized spacial score (nSPS) is 16.8. The van der Waals surface area contributed by atoms with E-state index in [0.717, 1.165) is 61.9 Å². The van der Waals surface area contributed by atoms with Crippen molar-refractivity contribution in [2.24, 2.45) is 0 Å². The summed E-state index contributed by atoms with van der Waals surface area (Å²) < 4.78 is 5.18. The van der Waals surface area contributed by atoms with Crippen LogP contribution in [0.25, 0.3) is 0 Å². The van der Waals surface area contributed by atoms with E-state index in [-0.39, 0.29) is 5.91 Å². The van der Waals surface area contributed by atoms with Crippen molar-refractivity contribution in [3.8, 4) is 0 Å². The maximum Gasteiger partial charge on any atom is 0.223 e. The molecule has 1 amide bonds. The first-order valence-electron chi connectivity index (χ1n) is 9.40. The summed E-state index contributed by atoms with van der Waals surface area (Å²) in [5, 5.41) is 3.96. The fourth-order valence-corrected chi connectivity index (χ4v) is 4.03. The van der Waals surface area contributed by atoms with Crippen LogP contribution >= 0.6 is 0 Å². The van der Waals surface area contributed by atoms with Gasteiger partial charge in [-0.05, 0) is 39.5 Å². The van der Waals surface area contributed by atoms with Gasteiger partial charge in [-0.2, -0.15) is 0 Å². The largest absolute Gasteiger partial charge is 0.361 e. The van der Waals surface area contributed by atoms with Gasteiger partial charge in [0, 0.05) is 49.4 Å². The maximum absolute atomic E-state index is 12.6. The molecule has 0 aromatic carbocycles. The average Bonchev–Trinajstić information content (AvgIpc) is 3.26. The number of hydrogen-bond donors (Lipinski definition) is 0. The standard InChI is InChI=1S/C19H25N5O2/c1-13-15(14(2)26-22-13)6-7-18(25)23-8-10-24(11-9-23)19-16-4-3-5-17(16)20-12-21-19/h12H,3-11H2,1-2H3. The molecule has 0 radical (unpaired) electrons. The zero-order chi connectivity index (χ0) is 18.1. The molecule has 0 N–H and O–H groups in total. The lowest BCUT2D eigenvalue weighted by atomic mass is 10.1. The van der Waals surface area contributed by atoms with E-state index in [9.17, 15) is 4.79 Å². The molecule has 138 valence electrons. The summed E-state index contributed by atoms with van der Waals surface area (Å²) >= 11 is 0. The number of piperazine rings is 1. The minimum atomic E-state index is 0.206. The topological polar surface area (TPSA) is 75.4 Å². The molecule has 0 saturated carbocycles. The van der Waals surface area contributed by atoms with Crippen molar-refractivity contribution < 1.29 is 9.32 Å². The van der Waals surface area contributed by atoms with E-state index in [1.165, 1.54) is 17.7 Å². The molecule has 3 heterocycles. The molecule has 1 aliphatic heterocycles. The number of aromatic nitrogens is 3. The minimum Gasteiger partial charge on any atom is -0.361 e. The van der Waals surface area contributed by atoms with E-state index in [1.807, 2.05) is 18.7 Å². The third kappa shape index (κ3) is 3.18. The van der Waals surface area contributed by atoms with Crippen molar-refractivity contribution >= 4 is 11.7 Å². The van der Waals surface area contributed by atoms with Crippen LogP contribution in [-0.4, -0.2) is 52.1 Å². The number of amides is 1. The number of carbonyl (C=O) groups excluding carboxylic acids is 1. The molecule has 1 fully saturated rings. The summed E-state index contributed by atoms with van der Waals surface area (Å²) in [6.45, 7) is 6.99. The summed E-state index contributed by atoms with van der Waals surface area (Å²) in [4.78, 5) is 25.8. The Morgan fingerprint density at radius 1 is 1.15 bits per heavy atom. The molecule has 2 aromatic rings. The molecule has 7 nitrogen and oxygen atoms in total. The van der Waals surface area contributed by atoms with Crippen molar-refractivity contribution in [2.45, 2.75) is 46.0 Å². The predicted octanol–water partition coefficient (Wildman–Crippen LogP) is 1.85. The van der Waals surface area contributed by atoms with Crippen molar-refractivity contribution in [2.75, 3.05) is 31.1 Å². The molecule has 0 bridgehead atoms. The number of aryl methyl sites for hydroxylation is 3. The summed E-state index contributed by atoms with van der Waals surface area (Å²) in [5.41, 5.74) is 4.46. The summed E-state index contributed by atoms with van der Waals surface area (Å²) in [5.74, 6) is 2.10. The lowest BCUT2D eigenvalue weighted by Crippen LogP contribution is -2.49. The highest BCUT2D eigenvalue weighted by Gasteiger charge is 2.26. The van der Waals surface area contributed by atoms with Crippen LogP contribution < -0.4 is 4.90 Å². The number of hydrogen-bond acceptors (Lipinski definition) is 6. The molecular weight excluding hydrogens is 330 g/mol. The zero-order valence-electron chi connectivity index (χ0n) is 15.5. The van der Waals surface area contributed by atoms with Gasteiger partial charge >= 0.3 is 0 Å². The first-order chi connectivity index (χ1) is 12.6. The Hall–Kier alpha value is -2.44. The van der Waals surface area contributed by atoms with Gasteiger partial charge < -0.3 is 14.3 Å². The monoisotopic (exact) mass is 355 g/mol. The molecule has 2 aliphatic rings. The van der Waals surface area contributed by atoms with E-state index in [0.29, 0.717) is 12.8 Å². The van der Waals surface area contributed by atoms with Gasteiger partial charge in [0.05, 0.1) is 5.69 Å². The van der Waals surface area contributed by atoms with E-state index < -0.39 is 0 Å². The molecule has 0 unspecified atom stereocenters. The molecule has 1 aliphatic carbocycles. The first-order valence-corrected chi connectivity index (χ1v) is 9.40. The minimum absolute atomic E-state index is 0.206.